The Bertz CT molecular complexity index is 665. The van der Waals surface area contributed by atoms with Crippen molar-refractivity contribution in [2.45, 2.75) is 51.0 Å². The summed E-state index contributed by atoms with van der Waals surface area (Å²) in [7, 11) is -3.90. The number of nitrogens with zero attached hydrogens (tertiary/aromatic N) is 1. The van der Waals surface area contributed by atoms with Gasteiger partial charge in [-0.15, -0.1) is 12.4 Å². The van der Waals surface area contributed by atoms with Gasteiger partial charge in [0.1, 0.15) is 0 Å². The van der Waals surface area contributed by atoms with Crippen molar-refractivity contribution in [2.75, 3.05) is 6.54 Å². The van der Waals surface area contributed by atoms with Gasteiger partial charge in [-0.3, -0.25) is 10.1 Å². The normalized spacial score (nSPS) is 11.9. The van der Waals surface area contributed by atoms with Gasteiger partial charge in [-0.05, 0) is 37.8 Å². The van der Waals surface area contributed by atoms with Crippen LogP contribution >= 0.6 is 12.4 Å². The predicted octanol–water partition coefficient (Wildman–Crippen LogP) is 2.43. The summed E-state index contributed by atoms with van der Waals surface area (Å²) in [5.74, 6) is 0. The molecule has 0 aliphatic heterocycles. The van der Waals surface area contributed by atoms with E-state index in [2.05, 4.69) is 4.72 Å². The van der Waals surface area contributed by atoms with Crippen LogP contribution in [0.2, 0.25) is 0 Å². The van der Waals surface area contributed by atoms with E-state index in [9.17, 15) is 18.5 Å². The lowest BCUT2D eigenvalue weighted by molar-refractivity contribution is -0.385. The number of halogens is 1. The minimum Gasteiger partial charge on any atom is -0.329 e. The van der Waals surface area contributed by atoms with Gasteiger partial charge in [-0.2, -0.15) is 0 Å². The summed E-state index contributed by atoms with van der Waals surface area (Å²) in [5.41, 5.74) is 5.79. The molecule has 0 aliphatic rings. The Balaban J connectivity index is 0.00000484. The molecule has 0 unspecified atom stereocenters. The Hall–Kier alpha value is -1.22. The van der Waals surface area contributed by atoms with Crippen molar-refractivity contribution in [3.8, 4) is 0 Å². The fourth-order valence-corrected chi connectivity index (χ4v) is 4.15. The molecule has 7 nitrogen and oxygen atoms in total. The highest BCUT2D eigenvalue weighted by Gasteiger charge is 2.32. The Labute approximate surface area is 143 Å². The van der Waals surface area contributed by atoms with E-state index in [0.717, 1.165) is 6.07 Å². The Morgan fingerprint density at radius 1 is 1.26 bits per heavy atom. The molecule has 0 saturated carbocycles. The number of benzene rings is 1. The molecule has 0 atom stereocenters. The van der Waals surface area contributed by atoms with E-state index in [1.807, 2.05) is 13.8 Å². The Morgan fingerprint density at radius 3 is 2.17 bits per heavy atom. The third-order valence-electron chi connectivity index (χ3n) is 4.20. The smallest absolute Gasteiger partial charge is 0.271 e. The number of rotatable bonds is 7. The average molecular weight is 366 g/mol. The zero-order valence-corrected chi connectivity index (χ0v) is 15.4. The number of hydrogen-bond acceptors (Lipinski definition) is 5. The van der Waals surface area contributed by atoms with Crippen molar-refractivity contribution >= 4 is 28.1 Å². The first-order valence-corrected chi connectivity index (χ1v) is 8.60. The zero-order chi connectivity index (χ0) is 17.1. The second kappa shape index (κ2) is 8.05. The van der Waals surface area contributed by atoms with Gasteiger partial charge < -0.3 is 5.73 Å². The van der Waals surface area contributed by atoms with Crippen LogP contribution in [0.3, 0.4) is 0 Å². The molecule has 9 heteroatoms. The molecule has 0 fully saturated rings. The second-order valence-corrected chi connectivity index (χ2v) is 7.09. The van der Waals surface area contributed by atoms with Gasteiger partial charge in [0.25, 0.3) is 5.69 Å². The van der Waals surface area contributed by atoms with Crippen LogP contribution in [0.1, 0.15) is 37.8 Å². The van der Waals surface area contributed by atoms with E-state index in [4.69, 9.17) is 5.73 Å². The third kappa shape index (κ3) is 4.63. The number of nitrogens with one attached hydrogen (secondary N) is 1. The van der Waals surface area contributed by atoms with Crippen molar-refractivity contribution in [1.82, 2.24) is 4.72 Å². The number of sulfonamides is 1. The lowest BCUT2D eigenvalue weighted by Crippen LogP contribution is -2.52. The lowest BCUT2D eigenvalue weighted by atomic mass is 9.95. The highest BCUT2D eigenvalue weighted by atomic mass is 35.5. The fraction of sp³-hybridized carbons (Fsp3) is 0.571. The summed E-state index contributed by atoms with van der Waals surface area (Å²) in [4.78, 5) is 10.3. The van der Waals surface area contributed by atoms with Gasteiger partial charge in [0.15, 0.2) is 0 Å². The third-order valence-corrected chi connectivity index (χ3v) is 5.90. The van der Waals surface area contributed by atoms with Gasteiger partial charge in [-0.25, -0.2) is 13.1 Å². The maximum atomic E-state index is 12.7. The maximum Gasteiger partial charge on any atom is 0.271 e. The number of non-ortho nitro benzene ring substituents is 1. The largest absolute Gasteiger partial charge is 0.329 e. The lowest BCUT2D eigenvalue weighted by Gasteiger charge is -2.31. The van der Waals surface area contributed by atoms with Crippen LogP contribution in [0, 0.1) is 24.0 Å². The van der Waals surface area contributed by atoms with Gasteiger partial charge >= 0.3 is 0 Å². The predicted molar refractivity (Wildman–Crippen MR) is 92.5 cm³/mol. The SMILES string of the molecule is CCC(CC)(CN)NS(=O)(=O)c1cc([N+](=O)[O-])cc(C)c1C.Cl. The molecule has 23 heavy (non-hydrogen) atoms. The molecular weight excluding hydrogens is 342 g/mol. The van der Waals surface area contributed by atoms with E-state index in [0.29, 0.717) is 24.0 Å². The molecule has 0 radical (unpaired) electrons. The molecule has 0 amide bonds. The summed E-state index contributed by atoms with van der Waals surface area (Å²) in [6.07, 6.45) is 1.07. The molecule has 1 aromatic carbocycles. The van der Waals surface area contributed by atoms with Crippen LogP contribution < -0.4 is 10.5 Å². The summed E-state index contributed by atoms with van der Waals surface area (Å²) in [6, 6.07) is 2.46. The summed E-state index contributed by atoms with van der Waals surface area (Å²) < 4.78 is 28.0. The van der Waals surface area contributed by atoms with Crippen LogP contribution in [0.25, 0.3) is 0 Å². The highest BCUT2D eigenvalue weighted by molar-refractivity contribution is 7.89. The van der Waals surface area contributed by atoms with Crippen LogP contribution in [0.5, 0.6) is 0 Å². The van der Waals surface area contributed by atoms with Gasteiger partial charge in [0.05, 0.1) is 9.82 Å². The first-order chi connectivity index (χ1) is 10.1. The first-order valence-electron chi connectivity index (χ1n) is 7.12. The molecular formula is C14H24ClN3O4S. The van der Waals surface area contributed by atoms with E-state index in [1.165, 1.54) is 6.07 Å². The van der Waals surface area contributed by atoms with Gasteiger partial charge in [0, 0.05) is 24.2 Å². The summed E-state index contributed by atoms with van der Waals surface area (Å²) >= 11 is 0. The van der Waals surface area contributed by atoms with E-state index < -0.39 is 20.5 Å². The topological polar surface area (TPSA) is 115 Å². The molecule has 0 saturated heterocycles. The number of hydrogen-bond donors (Lipinski definition) is 2. The molecule has 0 aliphatic carbocycles. The monoisotopic (exact) mass is 365 g/mol. The molecule has 0 heterocycles. The average Bonchev–Trinajstić information content (AvgIpc) is 2.47. The van der Waals surface area contributed by atoms with Crippen molar-refractivity contribution in [1.29, 1.82) is 0 Å². The van der Waals surface area contributed by atoms with E-state index >= 15 is 0 Å². The molecule has 0 spiro atoms. The maximum absolute atomic E-state index is 12.7. The summed E-state index contributed by atoms with van der Waals surface area (Å²) in [5, 5.41) is 11.0. The Kier molecular flexibility index (Phi) is 7.62. The van der Waals surface area contributed by atoms with Crippen molar-refractivity contribution in [3.63, 3.8) is 0 Å². The fourth-order valence-electron chi connectivity index (χ4n) is 2.26. The zero-order valence-electron chi connectivity index (χ0n) is 13.8. The van der Waals surface area contributed by atoms with Crippen molar-refractivity contribution in [3.05, 3.63) is 33.4 Å². The standard InChI is InChI=1S/C14H23N3O4S.ClH/c1-5-14(6-2,9-15)16-22(20,21)13-8-12(17(18)19)7-10(3)11(13)4;/h7-8,16H,5-6,9,15H2,1-4H3;1H. The van der Waals surface area contributed by atoms with E-state index in [-0.39, 0.29) is 29.5 Å². The van der Waals surface area contributed by atoms with Crippen LogP contribution in [0.4, 0.5) is 5.69 Å². The minimum atomic E-state index is -3.90. The minimum absolute atomic E-state index is 0. The number of aryl methyl sites for hydroxylation is 1. The van der Waals surface area contributed by atoms with Gasteiger partial charge in [-0.1, -0.05) is 13.8 Å². The highest BCUT2D eigenvalue weighted by Crippen LogP contribution is 2.27. The molecule has 0 aromatic heterocycles. The Morgan fingerprint density at radius 2 is 1.78 bits per heavy atom. The molecule has 1 aromatic rings. The number of nitro benzene ring substituents is 1. The molecule has 132 valence electrons. The molecule has 0 bridgehead atoms. The number of nitrogens with two attached hydrogens (primary N) is 1. The quantitative estimate of drug-likeness (QED) is 0.568. The molecule has 3 N–H and O–H groups in total. The van der Waals surface area contributed by atoms with Crippen molar-refractivity contribution in [2.24, 2.45) is 5.73 Å². The van der Waals surface area contributed by atoms with Crippen LogP contribution in [-0.2, 0) is 10.0 Å². The first kappa shape index (κ1) is 21.8. The number of nitro groups is 1. The van der Waals surface area contributed by atoms with Crippen LogP contribution in [-0.4, -0.2) is 25.4 Å². The second-order valence-electron chi connectivity index (χ2n) is 5.44. The van der Waals surface area contributed by atoms with Gasteiger partial charge in [0.2, 0.25) is 10.0 Å². The van der Waals surface area contributed by atoms with Crippen molar-refractivity contribution < 1.29 is 13.3 Å². The molecule has 1 rings (SSSR count). The van der Waals surface area contributed by atoms with E-state index in [1.54, 1.807) is 13.8 Å². The van der Waals surface area contributed by atoms with Crippen LogP contribution in [0.15, 0.2) is 17.0 Å². The summed E-state index contributed by atoms with van der Waals surface area (Å²) in [6.45, 7) is 7.15.